The van der Waals surface area contributed by atoms with Crippen molar-refractivity contribution in [3.8, 4) is 0 Å². The SMILES string of the molecule is NC(=O)C1CCC(=O)N1CCc1cc[c]cc1. The molecule has 0 spiro atoms. The second-order valence-corrected chi connectivity index (χ2v) is 4.20. The summed E-state index contributed by atoms with van der Waals surface area (Å²) in [6, 6.07) is 10.1. The summed E-state index contributed by atoms with van der Waals surface area (Å²) in [5, 5.41) is 0. The summed E-state index contributed by atoms with van der Waals surface area (Å²) in [7, 11) is 0. The topological polar surface area (TPSA) is 63.4 Å². The average Bonchev–Trinajstić information content (AvgIpc) is 2.69. The van der Waals surface area contributed by atoms with Gasteiger partial charge in [-0.05, 0) is 24.5 Å². The fraction of sp³-hybridized carbons (Fsp3) is 0.385. The minimum Gasteiger partial charge on any atom is -0.368 e. The van der Waals surface area contributed by atoms with Gasteiger partial charge in [-0.15, -0.1) is 0 Å². The number of primary amides is 1. The molecule has 4 heteroatoms. The summed E-state index contributed by atoms with van der Waals surface area (Å²) in [6.07, 6.45) is 1.72. The summed E-state index contributed by atoms with van der Waals surface area (Å²) in [5.74, 6) is -0.381. The average molecular weight is 231 g/mol. The minimum atomic E-state index is -0.419. The maximum atomic E-state index is 11.6. The highest BCUT2D eigenvalue weighted by Gasteiger charge is 2.34. The predicted octanol–water partition coefficient (Wildman–Crippen LogP) is 0.506. The molecule has 4 nitrogen and oxygen atoms in total. The molecule has 0 aromatic heterocycles. The van der Waals surface area contributed by atoms with E-state index < -0.39 is 11.9 Å². The fourth-order valence-corrected chi connectivity index (χ4v) is 2.15. The van der Waals surface area contributed by atoms with Crippen molar-refractivity contribution >= 4 is 11.8 Å². The van der Waals surface area contributed by atoms with E-state index in [-0.39, 0.29) is 5.91 Å². The lowest BCUT2D eigenvalue weighted by atomic mass is 10.1. The normalized spacial score (nSPS) is 19.6. The second-order valence-electron chi connectivity index (χ2n) is 4.20. The molecule has 89 valence electrons. The maximum Gasteiger partial charge on any atom is 0.240 e. The van der Waals surface area contributed by atoms with Gasteiger partial charge in [-0.1, -0.05) is 24.3 Å². The molecule has 0 saturated carbocycles. The van der Waals surface area contributed by atoms with Gasteiger partial charge in [-0.3, -0.25) is 9.59 Å². The van der Waals surface area contributed by atoms with Gasteiger partial charge in [-0.25, -0.2) is 0 Å². The lowest BCUT2D eigenvalue weighted by Crippen LogP contribution is -2.43. The lowest BCUT2D eigenvalue weighted by molar-refractivity contribution is -0.133. The van der Waals surface area contributed by atoms with Crippen molar-refractivity contribution in [2.75, 3.05) is 6.54 Å². The van der Waals surface area contributed by atoms with Crippen molar-refractivity contribution in [2.24, 2.45) is 5.73 Å². The Morgan fingerprint density at radius 3 is 2.82 bits per heavy atom. The lowest BCUT2D eigenvalue weighted by Gasteiger charge is -2.22. The van der Waals surface area contributed by atoms with Crippen LogP contribution in [-0.2, 0) is 16.0 Å². The summed E-state index contributed by atoms with van der Waals surface area (Å²) in [6.45, 7) is 0.552. The first-order valence-electron chi connectivity index (χ1n) is 5.72. The monoisotopic (exact) mass is 231 g/mol. The summed E-state index contributed by atoms with van der Waals surface area (Å²) >= 11 is 0. The Morgan fingerprint density at radius 1 is 1.47 bits per heavy atom. The van der Waals surface area contributed by atoms with Crippen LogP contribution in [0.5, 0.6) is 0 Å². The third-order valence-electron chi connectivity index (χ3n) is 3.09. The molecule has 1 aromatic carbocycles. The van der Waals surface area contributed by atoms with Gasteiger partial charge in [-0.2, -0.15) is 0 Å². The minimum absolute atomic E-state index is 0.0243. The zero-order valence-electron chi connectivity index (χ0n) is 9.56. The number of hydrogen-bond acceptors (Lipinski definition) is 2. The third-order valence-corrected chi connectivity index (χ3v) is 3.09. The van der Waals surface area contributed by atoms with Crippen LogP contribution in [0.15, 0.2) is 24.3 Å². The molecule has 2 rings (SSSR count). The highest BCUT2D eigenvalue weighted by Crippen LogP contribution is 2.18. The van der Waals surface area contributed by atoms with Gasteiger partial charge < -0.3 is 10.6 Å². The molecule has 1 unspecified atom stereocenters. The molecule has 0 aliphatic carbocycles. The predicted molar refractivity (Wildman–Crippen MR) is 62.9 cm³/mol. The van der Waals surface area contributed by atoms with Crippen LogP contribution in [0.25, 0.3) is 0 Å². The Kier molecular flexibility index (Phi) is 3.42. The molecule has 0 bridgehead atoms. The highest BCUT2D eigenvalue weighted by atomic mass is 16.2. The van der Waals surface area contributed by atoms with E-state index in [0.29, 0.717) is 19.4 Å². The Morgan fingerprint density at radius 2 is 2.18 bits per heavy atom. The van der Waals surface area contributed by atoms with E-state index in [0.717, 1.165) is 12.0 Å². The molecule has 1 saturated heterocycles. The van der Waals surface area contributed by atoms with Gasteiger partial charge in [0.05, 0.1) is 0 Å². The molecule has 2 N–H and O–H groups in total. The molecular weight excluding hydrogens is 216 g/mol. The quantitative estimate of drug-likeness (QED) is 0.820. The summed E-state index contributed by atoms with van der Waals surface area (Å²) in [5.41, 5.74) is 6.41. The van der Waals surface area contributed by atoms with E-state index in [1.807, 2.05) is 24.3 Å². The first-order valence-corrected chi connectivity index (χ1v) is 5.72. The van der Waals surface area contributed by atoms with Crippen LogP contribution in [0, 0.1) is 6.07 Å². The smallest absolute Gasteiger partial charge is 0.240 e. The van der Waals surface area contributed by atoms with Crippen LogP contribution in [0.1, 0.15) is 18.4 Å². The molecule has 1 aliphatic heterocycles. The van der Waals surface area contributed by atoms with Crippen molar-refractivity contribution in [2.45, 2.75) is 25.3 Å². The van der Waals surface area contributed by atoms with Crippen LogP contribution in [-0.4, -0.2) is 29.3 Å². The number of carbonyl (C=O) groups excluding carboxylic acids is 2. The molecular formula is C13H15N2O2. The van der Waals surface area contributed by atoms with E-state index in [4.69, 9.17) is 5.73 Å². The van der Waals surface area contributed by atoms with Gasteiger partial charge in [0.25, 0.3) is 0 Å². The second kappa shape index (κ2) is 4.99. The number of benzene rings is 1. The van der Waals surface area contributed by atoms with Gasteiger partial charge in [0.15, 0.2) is 0 Å². The van der Waals surface area contributed by atoms with E-state index in [1.165, 1.54) is 0 Å². The van der Waals surface area contributed by atoms with Crippen molar-refractivity contribution in [1.82, 2.24) is 4.90 Å². The Balaban J connectivity index is 1.98. The number of nitrogens with two attached hydrogens (primary N) is 1. The van der Waals surface area contributed by atoms with Gasteiger partial charge >= 0.3 is 0 Å². The van der Waals surface area contributed by atoms with E-state index in [9.17, 15) is 9.59 Å². The highest BCUT2D eigenvalue weighted by molar-refractivity contribution is 5.89. The number of carbonyl (C=O) groups is 2. The number of amides is 2. The van der Waals surface area contributed by atoms with E-state index >= 15 is 0 Å². The van der Waals surface area contributed by atoms with Gasteiger partial charge in [0.1, 0.15) is 6.04 Å². The van der Waals surface area contributed by atoms with Crippen LogP contribution < -0.4 is 5.73 Å². The standard InChI is InChI=1S/C13H15N2O2/c14-13(17)11-6-7-12(16)15(11)9-8-10-4-2-1-3-5-10/h2-5,11H,6-9H2,(H2,14,17). The molecule has 1 heterocycles. The van der Waals surface area contributed by atoms with Crippen LogP contribution in [0.4, 0.5) is 0 Å². The molecule has 1 atom stereocenters. The third kappa shape index (κ3) is 2.64. The molecule has 17 heavy (non-hydrogen) atoms. The number of likely N-dealkylation sites (tertiary alicyclic amines) is 1. The van der Waals surface area contributed by atoms with Crippen molar-refractivity contribution in [3.63, 3.8) is 0 Å². The number of nitrogens with zero attached hydrogens (tertiary/aromatic N) is 1. The summed E-state index contributed by atoms with van der Waals surface area (Å²) in [4.78, 5) is 24.4. The number of rotatable bonds is 4. The van der Waals surface area contributed by atoms with Crippen LogP contribution in [0.3, 0.4) is 0 Å². The molecule has 1 aliphatic rings. The van der Waals surface area contributed by atoms with E-state index in [1.54, 1.807) is 4.90 Å². The van der Waals surface area contributed by atoms with Crippen LogP contribution in [0.2, 0.25) is 0 Å². The van der Waals surface area contributed by atoms with Gasteiger partial charge in [0, 0.05) is 13.0 Å². The molecule has 1 fully saturated rings. The largest absolute Gasteiger partial charge is 0.368 e. The maximum absolute atomic E-state index is 11.6. The zero-order chi connectivity index (χ0) is 12.3. The van der Waals surface area contributed by atoms with Crippen LogP contribution >= 0.6 is 0 Å². The fourth-order valence-electron chi connectivity index (χ4n) is 2.15. The van der Waals surface area contributed by atoms with Crippen molar-refractivity contribution in [1.29, 1.82) is 0 Å². The first kappa shape index (κ1) is 11.6. The van der Waals surface area contributed by atoms with Crippen molar-refractivity contribution in [3.05, 3.63) is 35.9 Å². The Bertz CT molecular complexity index is 417. The Labute approximate surface area is 100 Å². The molecule has 1 radical (unpaired) electrons. The number of hydrogen-bond donors (Lipinski definition) is 1. The van der Waals surface area contributed by atoms with E-state index in [2.05, 4.69) is 6.07 Å². The first-order chi connectivity index (χ1) is 8.18. The zero-order valence-corrected chi connectivity index (χ0v) is 9.56. The van der Waals surface area contributed by atoms with Gasteiger partial charge in [0.2, 0.25) is 11.8 Å². The Hall–Kier alpha value is -1.84. The van der Waals surface area contributed by atoms with Crippen molar-refractivity contribution < 1.29 is 9.59 Å². The molecule has 1 aromatic rings. The summed E-state index contributed by atoms with van der Waals surface area (Å²) < 4.78 is 0. The molecule has 2 amide bonds.